The first-order valence-corrected chi connectivity index (χ1v) is 4.36. The minimum absolute atomic E-state index is 0.0738. The van der Waals surface area contributed by atoms with Gasteiger partial charge >= 0.3 is 5.69 Å². The molecule has 15 heavy (non-hydrogen) atoms. The Kier molecular flexibility index (Phi) is 3.48. The van der Waals surface area contributed by atoms with Gasteiger partial charge in [-0.15, -0.1) is 12.3 Å². The molecule has 1 rings (SSSR count). The zero-order chi connectivity index (χ0) is 11.3. The van der Waals surface area contributed by atoms with Crippen molar-refractivity contribution in [2.45, 2.75) is 19.4 Å². The number of aryl methyl sites for hydroxylation is 1. The average molecular weight is 203 g/mol. The summed E-state index contributed by atoms with van der Waals surface area (Å²) in [7, 11) is 0. The van der Waals surface area contributed by atoms with Crippen LogP contribution in [0.3, 0.4) is 0 Å². The zero-order valence-corrected chi connectivity index (χ0v) is 7.99. The largest absolute Gasteiger partial charge is 0.328 e. The predicted octanol–water partition coefficient (Wildman–Crippen LogP) is -0.178. The fourth-order valence-corrected chi connectivity index (χ4v) is 1.11. The molecule has 5 heteroatoms. The lowest BCUT2D eigenvalue weighted by atomic mass is 10.3. The van der Waals surface area contributed by atoms with Crippen molar-refractivity contribution in [2.75, 3.05) is 0 Å². The number of rotatable bonds is 3. The monoisotopic (exact) mass is 203 g/mol. The lowest BCUT2D eigenvalue weighted by Gasteiger charge is -2.02. The van der Waals surface area contributed by atoms with E-state index in [0.717, 1.165) is 0 Å². The Labute approximate surface area is 86.0 Å². The van der Waals surface area contributed by atoms with E-state index in [0.29, 0.717) is 19.4 Å². The topological polar surface area (TPSA) is 78.7 Å². The van der Waals surface area contributed by atoms with Crippen LogP contribution in [0.2, 0.25) is 0 Å². The molecule has 0 unspecified atom stereocenters. The highest BCUT2D eigenvalue weighted by Crippen LogP contribution is 1.91. The molecule has 0 saturated heterocycles. The van der Waals surface area contributed by atoms with Crippen LogP contribution in [-0.2, 0) is 6.54 Å². The second-order valence-corrected chi connectivity index (χ2v) is 2.91. The molecular weight excluding hydrogens is 194 g/mol. The summed E-state index contributed by atoms with van der Waals surface area (Å²) in [4.78, 5) is 24.3. The van der Waals surface area contributed by atoms with Gasteiger partial charge in [0.2, 0.25) is 0 Å². The second-order valence-electron chi connectivity index (χ2n) is 2.91. The number of hydrogen-bond acceptors (Lipinski definition) is 3. The van der Waals surface area contributed by atoms with E-state index >= 15 is 0 Å². The predicted molar refractivity (Wildman–Crippen MR) is 54.1 cm³/mol. The Balaban J connectivity index is 3.00. The number of nitrogens with one attached hydrogen (secondary N) is 1. The van der Waals surface area contributed by atoms with E-state index in [1.165, 1.54) is 10.8 Å². The molecule has 5 nitrogen and oxygen atoms in total. The maximum absolute atomic E-state index is 11.2. The summed E-state index contributed by atoms with van der Waals surface area (Å²) in [5.41, 5.74) is -1.25. The van der Waals surface area contributed by atoms with E-state index in [1.54, 1.807) is 6.07 Å². The molecule has 0 aliphatic rings. The number of hydrogen-bond donors (Lipinski definition) is 1. The second kappa shape index (κ2) is 4.83. The number of aromatic nitrogens is 2. The zero-order valence-electron chi connectivity index (χ0n) is 7.99. The summed E-state index contributed by atoms with van der Waals surface area (Å²) in [6.45, 7) is 0.397. The van der Waals surface area contributed by atoms with Gasteiger partial charge in [0.25, 0.3) is 5.56 Å². The summed E-state index contributed by atoms with van der Waals surface area (Å²) < 4.78 is 1.28. The van der Waals surface area contributed by atoms with Crippen LogP contribution in [0.25, 0.3) is 0 Å². The molecule has 1 N–H and O–H groups in total. The molecule has 0 aliphatic heterocycles. The number of terminal acetylenes is 1. The summed E-state index contributed by atoms with van der Waals surface area (Å²) >= 11 is 0. The van der Waals surface area contributed by atoms with Crippen LogP contribution in [0.4, 0.5) is 0 Å². The van der Waals surface area contributed by atoms with Crippen molar-refractivity contribution in [3.05, 3.63) is 32.6 Å². The van der Waals surface area contributed by atoms with Gasteiger partial charge in [0.15, 0.2) is 0 Å². The highest BCUT2D eigenvalue weighted by molar-refractivity contribution is 5.21. The van der Waals surface area contributed by atoms with Crippen LogP contribution < -0.4 is 11.2 Å². The van der Waals surface area contributed by atoms with Crippen molar-refractivity contribution < 1.29 is 0 Å². The highest BCUT2D eigenvalue weighted by Gasteiger charge is 2.02. The van der Waals surface area contributed by atoms with E-state index in [2.05, 4.69) is 10.9 Å². The van der Waals surface area contributed by atoms with Crippen molar-refractivity contribution in [3.8, 4) is 18.4 Å². The van der Waals surface area contributed by atoms with Crippen LogP contribution in [0.15, 0.2) is 15.8 Å². The molecule has 0 spiro atoms. The smallest absolute Gasteiger partial charge is 0.299 e. The normalized spacial score (nSPS) is 9.20. The third-order valence-electron chi connectivity index (χ3n) is 1.85. The number of nitriles is 1. The number of nitrogens with zero attached hydrogens (tertiary/aromatic N) is 2. The number of H-pyrrole nitrogens is 1. The van der Waals surface area contributed by atoms with E-state index < -0.39 is 11.2 Å². The minimum atomic E-state index is -0.657. The maximum Gasteiger partial charge on any atom is 0.328 e. The van der Waals surface area contributed by atoms with Crippen molar-refractivity contribution in [2.24, 2.45) is 0 Å². The van der Waals surface area contributed by atoms with Gasteiger partial charge in [-0.2, -0.15) is 5.26 Å². The molecule has 76 valence electrons. The molecule has 0 atom stereocenters. The van der Waals surface area contributed by atoms with E-state index in [-0.39, 0.29) is 5.56 Å². The standard InChI is InChI=1S/C10H9N3O2/c1-2-3-4-5-13-7-8(6-11)9(14)12-10(13)15/h1,7H,3-5H2,(H,12,14,15). The molecule has 0 aliphatic carbocycles. The van der Waals surface area contributed by atoms with Gasteiger partial charge in [-0.25, -0.2) is 4.79 Å². The fourth-order valence-electron chi connectivity index (χ4n) is 1.11. The van der Waals surface area contributed by atoms with Gasteiger partial charge in [-0.3, -0.25) is 14.3 Å². The molecular formula is C10H9N3O2. The van der Waals surface area contributed by atoms with Gasteiger partial charge in [0.1, 0.15) is 11.6 Å². The number of unbranched alkanes of at least 4 members (excludes halogenated alkanes) is 1. The first-order valence-electron chi connectivity index (χ1n) is 4.36. The van der Waals surface area contributed by atoms with Crippen molar-refractivity contribution in [1.29, 1.82) is 5.26 Å². The first-order chi connectivity index (χ1) is 7.19. The van der Waals surface area contributed by atoms with Crippen molar-refractivity contribution in [3.63, 3.8) is 0 Å². The summed E-state index contributed by atoms with van der Waals surface area (Å²) in [5.74, 6) is 2.45. The Morgan fingerprint density at radius 1 is 1.53 bits per heavy atom. The Bertz CT molecular complexity index is 540. The van der Waals surface area contributed by atoms with E-state index in [1.807, 2.05) is 0 Å². The van der Waals surface area contributed by atoms with Crippen molar-refractivity contribution >= 4 is 0 Å². The van der Waals surface area contributed by atoms with Crippen LogP contribution in [0.1, 0.15) is 18.4 Å². The summed E-state index contributed by atoms with van der Waals surface area (Å²) in [5, 5.41) is 8.59. The lowest BCUT2D eigenvalue weighted by molar-refractivity contribution is 0.613. The average Bonchev–Trinajstić information content (AvgIpc) is 2.21. The van der Waals surface area contributed by atoms with Gasteiger partial charge in [0.05, 0.1) is 0 Å². The van der Waals surface area contributed by atoms with Crippen molar-refractivity contribution in [1.82, 2.24) is 9.55 Å². The molecule has 0 radical (unpaired) electrons. The van der Waals surface area contributed by atoms with Gasteiger partial charge in [-0.05, 0) is 6.42 Å². The quantitative estimate of drug-likeness (QED) is 0.546. The van der Waals surface area contributed by atoms with Gasteiger partial charge in [0, 0.05) is 19.2 Å². The molecule has 1 heterocycles. The minimum Gasteiger partial charge on any atom is -0.299 e. The molecule has 1 aromatic heterocycles. The first kappa shape index (κ1) is 10.8. The number of aromatic amines is 1. The molecule has 0 fully saturated rings. The van der Waals surface area contributed by atoms with Crippen LogP contribution in [0.5, 0.6) is 0 Å². The van der Waals surface area contributed by atoms with Gasteiger partial charge < -0.3 is 0 Å². The third kappa shape index (κ3) is 2.58. The molecule has 0 saturated carbocycles. The SMILES string of the molecule is C#CCCCn1cc(C#N)c(=O)[nH]c1=O. The summed E-state index contributed by atoms with van der Waals surface area (Å²) in [6.07, 6.45) is 7.49. The molecule has 1 aromatic rings. The maximum atomic E-state index is 11.2. The van der Waals surface area contributed by atoms with E-state index in [9.17, 15) is 9.59 Å². The Morgan fingerprint density at radius 3 is 2.87 bits per heavy atom. The van der Waals surface area contributed by atoms with Crippen LogP contribution >= 0.6 is 0 Å². The summed E-state index contributed by atoms with van der Waals surface area (Å²) in [6, 6.07) is 1.71. The Hall–Kier alpha value is -2.27. The third-order valence-corrected chi connectivity index (χ3v) is 1.85. The fraction of sp³-hybridized carbons (Fsp3) is 0.300. The van der Waals surface area contributed by atoms with E-state index in [4.69, 9.17) is 11.7 Å². The van der Waals surface area contributed by atoms with Crippen LogP contribution in [0, 0.1) is 23.7 Å². The van der Waals surface area contributed by atoms with Gasteiger partial charge in [-0.1, -0.05) is 0 Å². The van der Waals surface area contributed by atoms with Crippen LogP contribution in [-0.4, -0.2) is 9.55 Å². The molecule has 0 aromatic carbocycles. The molecule has 0 bridgehead atoms. The molecule has 0 amide bonds. The lowest BCUT2D eigenvalue weighted by Crippen LogP contribution is -2.31. The highest BCUT2D eigenvalue weighted by atomic mass is 16.2. The Morgan fingerprint density at radius 2 is 2.27 bits per heavy atom.